The molecule has 1 aromatic heterocycles. The number of halogens is 1. The first-order chi connectivity index (χ1) is 8.69. The lowest BCUT2D eigenvalue weighted by Gasteiger charge is -2.19. The van der Waals surface area contributed by atoms with E-state index >= 15 is 0 Å². The molecule has 2 aromatic rings. The van der Waals surface area contributed by atoms with Crippen molar-refractivity contribution in [2.75, 3.05) is 19.1 Å². The molecule has 0 amide bonds. The maximum absolute atomic E-state index is 5.76. The van der Waals surface area contributed by atoms with Crippen LogP contribution >= 0.6 is 11.6 Å². The summed E-state index contributed by atoms with van der Waals surface area (Å²) in [5.41, 5.74) is 2.22. The Morgan fingerprint density at radius 1 is 1.28 bits per heavy atom. The van der Waals surface area contributed by atoms with Gasteiger partial charge in [0.25, 0.3) is 0 Å². The molecule has 0 aliphatic heterocycles. The number of rotatable bonds is 4. The molecule has 0 saturated heterocycles. The number of hydrogen-bond donors (Lipinski definition) is 0. The first kappa shape index (κ1) is 12.7. The van der Waals surface area contributed by atoms with Crippen molar-refractivity contribution < 1.29 is 4.74 Å². The third kappa shape index (κ3) is 3.14. The van der Waals surface area contributed by atoms with E-state index in [-0.39, 0.29) is 0 Å². The Balaban J connectivity index is 2.11. The van der Waals surface area contributed by atoms with Crippen molar-refractivity contribution in [3.8, 4) is 5.75 Å². The van der Waals surface area contributed by atoms with Gasteiger partial charge in [0.1, 0.15) is 10.9 Å². The van der Waals surface area contributed by atoms with E-state index in [1.807, 2.05) is 37.4 Å². The van der Waals surface area contributed by atoms with E-state index in [1.54, 1.807) is 19.4 Å². The number of hydrogen-bond acceptors (Lipinski definition) is 3. The summed E-state index contributed by atoms with van der Waals surface area (Å²) in [6.07, 6.45) is 1.79. The second-order valence-corrected chi connectivity index (χ2v) is 4.43. The highest BCUT2D eigenvalue weighted by Gasteiger charge is 2.03. The average molecular weight is 263 g/mol. The molecule has 0 unspecified atom stereocenters. The Morgan fingerprint density at radius 3 is 2.78 bits per heavy atom. The minimum atomic E-state index is 0.516. The molecule has 0 atom stereocenters. The number of benzene rings is 1. The highest BCUT2D eigenvalue weighted by atomic mass is 35.5. The molecule has 0 spiro atoms. The first-order valence-electron chi connectivity index (χ1n) is 5.64. The first-order valence-corrected chi connectivity index (χ1v) is 6.02. The van der Waals surface area contributed by atoms with Crippen LogP contribution in [-0.4, -0.2) is 19.1 Å². The van der Waals surface area contributed by atoms with Gasteiger partial charge in [0.15, 0.2) is 0 Å². The fourth-order valence-electron chi connectivity index (χ4n) is 1.71. The van der Waals surface area contributed by atoms with Crippen molar-refractivity contribution in [3.05, 3.63) is 53.3 Å². The number of nitrogens with zero attached hydrogens (tertiary/aromatic N) is 2. The van der Waals surface area contributed by atoms with Gasteiger partial charge in [-0.3, -0.25) is 0 Å². The summed E-state index contributed by atoms with van der Waals surface area (Å²) in [7, 11) is 3.70. The van der Waals surface area contributed by atoms with Crippen LogP contribution in [0.5, 0.6) is 5.75 Å². The molecule has 3 nitrogen and oxygen atoms in total. The van der Waals surface area contributed by atoms with E-state index in [0.29, 0.717) is 5.15 Å². The Kier molecular flexibility index (Phi) is 4.05. The zero-order valence-electron chi connectivity index (χ0n) is 10.4. The normalized spacial score (nSPS) is 10.2. The quantitative estimate of drug-likeness (QED) is 0.790. The molecule has 2 rings (SSSR count). The van der Waals surface area contributed by atoms with Gasteiger partial charge in [0.2, 0.25) is 0 Å². The summed E-state index contributed by atoms with van der Waals surface area (Å²) in [5.74, 6) is 0.855. The molecule has 18 heavy (non-hydrogen) atoms. The van der Waals surface area contributed by atoms with Crippen molar-refractivity contribution in [2.24, 2.45) is 0 Å². The third-order valence-corrected chi connectivity index (χ3v) is 2.93. The van der Waals surface area contributed by atoms with Crippen LogP contribution in [0.1, 0.15) is 5.56 Å². The van der Waals surface area contributed by atoms with Gasteiger partial charge in [-0.15, -0.1) is 0 Å². The van der Waals surface area contributed by atoms with Crippen molar-refractivity contribution in [3.63, 3.8) is 0 Å². The number of methoxy groups -OCH3 is 1. The van der Waals surface area contributed by atoms with Crippen LogP contribution in [0.25, 0.3) is 0 Å². The number of pyridine rings is 1. The smallest absolute Gasteiger partial charge is 0.129 e. The van der Waals surface area contributed by atoms with Crippen LogP contribution in [0.2, 0.25) is 5.15 Å². The van der Waals surface area contributed by atoms with Gasteiger partial charge in [-0.25, -0.2) is 4.98 Å². The van der Waals surface area contributed by atoms with Gasteiger partial charge in [-0.05, 0) is 23.8 Å². The van der Waals surface area contributed by atoms with Gasteiger partial charge in [0, 0.05) is 31.5 Å². The van der Waals surface area contributed by atoms with E-state index < -0.39 is 0 Å². The SMILES string of the molecule is COc1cccc(N(C)Cc2ccc(Cl)nc2)c1. The summed E-state index contributed by atoms with van der Waals surface area (Å²) in [4.78, 5) is 6.21. The van der Waals surface area contributed by atoms with E-state index in [0.717, 1.165) is 23.5 Å². The molecular weight excluding hydrogens is 248 g/mol. The Hall–Kier alpha value is -1.74. The lowest BCUT2D eigenvalue weighted by molar-refractivity contribution is 0.415. The fraction of sp³-hybridized carbons (Fsp3) is 0.214. The molecule has 0 aliphatic rings. The van der Waals surface area contributed by atoms with E-state index in [9.17, 15) is 0 Å². The lowest BCUT2D eigenvalue weighted by Crippen LogP contribution is -2.16. The maximum atomic E-state index is 5.76. The van der Waals surface area contributed by atoms with Crippen molar-refractivity contribution in [1.82, 2.24) is 4.98 Å². The summed E-state index contributed by atoms with van der Waals surface area (Å²) in [6.45, 7) is 0.775. The van der Waals surface area contributed by atoms with Gasteiger partial charge in [-0.2, -0.15) is 0 Å². The third-order valence-electron chi connectivity index (χ3n) is 2.70. The molecule has 4 heteroatoms. The largest absolute Gasteiger partial charge is 0.497 e. The van der Waals surface area contributed by atoms with Crippen molar-refractivity contribution in [2.45, 2.75) is 6.54 Å². The topological polar surface area (TPSA) is 25.4 Å². The zero-order valence-corrected chi connectivity index (χ0v) is 11.2. The van der Waals surface area contributed by atoms with Gasteiger partial charge in [0.05, 0.1) is 7.11 Å². The Bertz CT molecular complexity index is 513. The maximum Gasteiger partial charge on any atom is 0.129 e. The number of aromatic nitrogens is 1. The fourth-order valence-corrected chi connectivity index (χ4v) is 1.82. The van der Waals surface area contributed by atoms with E-state index in [2.05, 4.69) is 9.88 Å². The van der Waals surface area contributed by atoms with E-state index in [4.69, 9.17) is 16.3 Å². The van der Waals surface area contributed by atoms with Crippen LogP contribution in [0, 0.1) is 0 Å². The Labute approximate surface area is 112 Å². The molecule has 0 saturated carbocycles. The minimum absolute atomic E-state index is 0.516. The molecule has 0 fully saturated rings. The second kappa shape index (κ2) is 5.74. The minimum Gasteiger partial charge on any atom is -0.497 e. The molecule has 0 bridgehead atoms. The van der Waals surface area contributed by atoms with Gasteiger partial charge < -0.3 is 9.64 Å². The van der Waals surface area contributed by atoms with Gasteiger partial charge >= 0.3 is 0 Å². The summed E-state index contributed by atoms with van der Waals surface area (Å²) in [6, 6.07) is 11.7. The predicted octanol–water partition coefficient (Wildman–Crippen LogP) is 3.38. The van der Waals surface area contributed by atoms with Crippen LogP contribution in [0.15, 0.2) is 42.6 Å². The molecule has 1 aromatic carbocycles. The highest BCUT2D eigenvalue weighted by molar-refractivity contribution is 6.29. The number of anilines is 1. The number of ether oxygens (including phenoxy) is 1. The van der Waals surface area contributed by atoms with Crippen molar-refractivity contribution in [1.29, 1.82) is 0 Å². The van der Waals surface area contributed by atoms with Crippen LogP contribution in [-0.2, 0) is 6.54 Å². The molecule has 0 aliphatic carbocycles. The average Bonchev–Trinajstić information content (AvgIpc) is 2.41. The Morgan fingerprint density at radius 2 is 2.11 bits per heavy atom. The zero-order chi connectivity index (χ0) is 13.0. The van der Waals surface area contributed by atoms with E-state index in [1.165, 1.54) is 0 Å². The van der Waals surface area contributed by atoms with Gasteiger partial charge in [-0.1, -0.05) is 23.7 Å². The molecule has 1 heterocycles. The predicted molar refractivity (Wildman–Crippen MR) is 74.3 cm³/mol. The van der Waals surface area contributed by atoms with Crippen LogP contribution in [0.4, 0.5) is 5.69 Å². The van der Waals surface area contributed by atoms with Crippen LogP contribution < -0.4 is 9.64 Å². The lowest BCUT2D eigenvalue weighted by atomic mass is 10.2. The molecule has 94 valence electrons. The molecule has 0 radical (unpaired) electrons. The highest BCUT2D eigenvalue weighted by Crippen LogP contribution is 2.21. The molecular formula is C14H15ClN2O. The van der Waals surface area contributed by atoms with Crippen LogP contribution in [0.3, 0.4) is 0 Å². The van der Waals surface area contributed by atoms with Crippen molar-refractivity contribution >= 4 is 17.3 Å². The standard InChI is InChI=1S/C14H15ClN2O/c1-17(10-11-6-7-14(15)16-9-11)12-4-3-5-13(8-12)18-2/h3-9H,10H2,1-2H3. The monoisotopic (exact) mass is 262 g/mol. The summed E-state index contributed by atoms with van der Waals surface area (Å²) >= 11 is 5.76. The summed E-state index contributed by atoms with van der Waals surface area (Å²) in [5, 5.41) is 0.516. The summed E-state index contributed by atoms with van der Waals surface area (Å²) < 4.78 is 5.21. The second-order valence-electron chi connectivity index (χ2n) is 4.05. The molecule has 0 N–H and O–H groups in total.